The molecular formula is C10H15NO2S. The minimum atomic E-state index is -3.57. The minimum absolute atomic E-state index is 0.190. The Bertz CT molecular complexity index is 412. The van der Waals surface area contributed by atoms with Gasteiger partial charge in [0.15, 0.2) is 0 Å². The lowest BCUT2D eigenvalue weighted by molar-refractivity contribution is 0.597. The molecule has 0 aliphatic heterocycles. The Kier molecular flexibility index (Phi) is 3.29. The summed E-state index contributed by atoms with van der Waals surface area (Å²) in [6.45, 7) is 4.12. The van der Waals surface area contributed by atoms with Crippen molar-refractivity contribution in [3.05, 3.63) is 29.8 Å². The summed E-state index contributed by atoms with van der Waals surface area (Å²) in [5, 5.41) is 5.04. The van der Waals surface area contributed by atoms with Gasteiger partial charge >= 0.3 is 0 Å². The van der Waals surface area contributed by atoms with Crippen LogP contribution in [0.2, 0.25) is 0 Å². The van der Waals surface area contributed by atoms with Crippen LogP contribution in [0, 0.1) is 0 Å². The van der Waals surface area contributed by atoms with E-state index in [4.69, 9.17) is 5.14 Å². The van der Waals surface area contributed by atoms with Crippen LogP contribution < -0.4 is 5.14 Å². The van der Waals surface area contributed by atoms with Gasteiger partial charge in [0.2, 0.25) is 10.0 Å². The Morgan fingerprint density at radius 2 is 2.07 bits per heavy atom. The second-order valence-electron chi connectivity index (χ2n) is 3.43. The lowest BCUT2D eigenvalue weighted by Gasteiger charge is -2.09. The van der Waals surface area contributed by atoms with Gasteiger partial charge in [0.1, 0.15) is 0 Å². The van der Waals surface area contributed by atoms with E-state index in [1.807, 2.05) is 6.07 Å². The summed E-state index contributed by atoms with van der Waals surface area (Å²) >= 11 is 0. The van der Waals surface area contributed by atoms with E-state index in [1.54, 1.807) is 12.1 Å². The minimum Gasteiger partial charge on any atom is -0.225 e. The first-order valence-corrected chi connectivity index (χ1v) is 6.12. The van der Waals surface area contributed by atoms with Crippen molar-refractivity contribution in [2.45, 2.75) is 31.1 Å². The zero-order chi connectivity index (χ0) is 10.8. The van der Waals surface area contributed by atoms with Crippen LogP contribution in [-0.2, 0) is 10.0 Å². The quantitative estimate of drug-likeness (QED) is 0.833. The maximum absolute atomic E-state index is 11.1. The topological polar surface area (TPSA) is 60.2 Å². The van der Waals surface area contributed by atoms with Gasteiger partial charge < -0.3 is 0 Å². The third kappa shape index (κ3) is 2.56. The molecule has 1 rings (SSSR count). The average molecular weight is 213 g/mol. The van der Waals surface area contributed by atoms with Gasteiger partial charge in [0.25, 0.3) is 0 Å². The summed E-state index contributed by atoms with van der Waals surface area (Å²) in [6.07, 6.45) is 0.980. The lowest BCUT2D eigenvalue weighted by atomic mass is 9.99. The van der Waals surface area contributed by atoms with Gasteiger partial charge in [-0.25, -0.2) is 13.6 Å². The van der Waals surface area contributed by atoms with Crippen LogP contribution in [0.3, 0.4) is 0 Å². The second kappa shape index (κ2) is 4.11. The highest BCUT2D eigenvalue weighted by Crippen LogP contribution is 2.20. The molecule has 0 aliphatic rings. The highest BCUT2D eigenvalue weighted by molar-refractivity contribution is 7.89. The molecule has 0 aliphatic carbocycles. The number of hydrogen-bond donors (Lipinski definition) is 1. The van der Waals surface area contributed by atoms with E-state index in [1.165, 1.54) is 6.07 Å². The molecule has 1 aromatic rings. The van der Waals surface area contributed by atoms with E-state index in [9.17, 15) is 8.42 Å². The average Bonchev–Trinajstić information content (AvgIpc) is 2.15. The summed E-state index contributed by atoms with van der Waals surface area (Å²) in [4.78, 5) is 0.190. The van der Waals surface area contributed by atoms with Gasteiger partial charge in [-0.3, -0.25) is 0 Å². The van der Waals surface area contributed by atoms with Gasteiger partial charge in [-0.15, -0.1) is 0 Å². The molecular weight excluding hydrogens is 198 g/mol. The molecule has 1 aromatic carbocycles. The van der Waals surface area contributed by atoms with Crippen LogP contribution in [0.5, 0.6) is 0 Å². The van der Waals surface area contributed by atoms with E-state index >= 15 is 0 Å². The van der Waals surface area contributed by atoms with Crippen LogP contribution in [0.15, 0.2) is 29.2 Å². The van der Waals surface area contributed by atoms with Crippen LogP contribution in [-0.4, -0.2) is 8.42 Å². The first-order valence-electron chi connectivity index (χ1n) is 4.58. The Morgan fingerprint density at radius 1 is 1.43 bits per heavy atom. The predicted molar refractivity (Wildman–Crippen MR) is 56.5 cm³/mol. The first kappa shape index (κ1) is 11.2. The van der Waals surface area contributed by atoms with Gasteiger partial charge in [0, 0.05) is 0 Å². The Labute approximate surface area is 85.0 Å². The van der Waals surface area contributed by atoms with Crippen molar-refractivity contribution in [3.63, 3.8) is 0 Å². The number of primary sulfonamides is 1. The first-order chi connectivity index (χ1) is 6.45. The van der Waals surface area contributed by atoms with E-state index in [0.29, 0.717) is 5.92 Å². The molecule has 0 fully saturated rings. The molecule has 4 heteroatoms. The smallest absolute Gasteiger partial charge is 0.225 e. The van der Waals surface area contributed by atoms with E-state index in [0.717, 1.165) is 12.0 Å². The van der Waals surface area contributed by atoms with Crippen LogP contribution in [0.1, 0.15) is 31.7 Å². The number of sulfonamides is 1. The van der Waals surface area contributed by atoms with Crippen molar-refractivity contribution in [2.24, 2.45) is 5.14 Å². The van der Waals surface area contributed by atoms with E-state index < -0.39 is 10.0 Å². The van der Waals surface area contributed by atoms with Gasteiger partial charge in [-0.05, 0) is 30.0 Å². The summed E-state index contributed by atoms with van der Waals surface area (Å²) in [6, 6.07) is 6.80. The molecule has 0 radical (unpaired) electrons. The molecule has 0 amide bonds. The Balaban J connectivity index is 3.14. The maximum Gasteiger partial charge on any atom is 0.238 e. The summed E-state index contributed by atoms with van der Waals surface area (Å²) < 4.78 is 22.1. The number of nitrogens with two attached hydrogens (primary N) is 1. The molecule has 14 heavy (non-hydrogen) atoms. The standard InChI is InChI=1S/C10H15NO2S/c1-3-8(2)9-5-4-6-10(7-9)14(11,12)13/h4-8H,3H2,1-2H3,(H2,11,12,13). The van der Waals surface area contributed by atoms with E-state index in [2.05, 4.69) is 13.8 Å². The highest BCUT2D eigenvalue weighted by atomic mass is 32.2. The van der Waals surface area contributed by atoms with Crippen LogP contribution in [0.4, 0.5) is 0 Å². The normalized spacial score (nSPS) is 13.9. The number of benzene rings is 1. The Morgan fingerprint density at radius 3 is 2.57 bits per heavy atom. The second-order valence-corrected chi connectivity index (χ2v) is 4.99. The third-order valence-electron chi connectivity index (χ3n) is 2.37. The fourth-order valence-corrected chi connectivity index (χ4v) is 1.80. The highest BCUT2D eigenvalue weighted by Gasteiger charge is 2.10. The molecule has 0 saturated carbocycles. The van der Waals surface area contributed by atoms with Crippen molar-refractivity contribution in [1.29, 1.82) is 0 Å². The van der Waals surface area contributed by atoms with Crippen molar-refractivity contribution in [1.82, 2.24) is 0 Å². The van der Waals surface area contributed by atoms with Gasteiger partial charge in [-0.2, -0.15) is 0 Å². The van der Waals surface area contributed by atoms with Crippen molar-refractivity contribution >= 4 is 10.0 Å². The number of hydrogen-bond acceptors (Lipinski definition) is 2. The molecule has 0 aromatic heterocycles. The molecule has 0 spiro atoms. The molecule has 0 saturated heterocycles. The zero-order valence-electron chi connectivity index (χ0n) is 8.40. The zero-order valence-corrected chi connectivity index (χ0v) is 9.21. The van der Waals surface area contributed by atoms with Crippen molar-refractivity contribution < 1.29 is 8.42 Å². The molecule has 1 unspecified atom stereocenters. The lowest BCUT2D eigenvalue weighted by Crippen LogP contribution is -2.12. The van der Waals surface area contributed by atoms with Crippen LogP contribution >= 0.6 is 0 Å². The molecule has 0 heterocycles. The summed E-state index contributed by atoms with van der Waals surface area (Å²) in [5.74, 6) is 0.358. The summed E-state index contributed by atoms with van der Waals surface area (Å²) in [7, 11) is -3.57. The summed E-state index contributed by atoms with van der Waals surface area (Å²) in [5.41, 5.74) is 1.01. The fourth-order valence-electron chi connectivity index (χ4n) is 1.23. The van der Waals surface area contributed by atoms with Gasteiger partial charge in [0.05, 0.1) is 4.90 Å². The fraction of sp³-hybridized carbons (Fsp3) is 0.400. The molecule has 78 valence electrons. The molecule has 1 atom stereocenters. The predicted octanol–water partition coefficient (Wildman–Crippen LogP) is 1.85. The maximum atomic E-state index is 11.1. The molecule has 2 N–H and O–H groups in total. The van der Waals surface area contributed by atoms with Crippen LogP contribution in [0.25, 0.3) is 0 Å². The molecule has 3 nitrogen and oxygen atoms in total. The monoisotopic (exact) mass is 213 g/mol. The van der Waals surface area contributed by atoms with E-state index in [-0.39, 0.29) is 4.90 Å². The largest absolute Gasteiger partial charge is 0.238 e. The SMILES string of the molecule is CCC(C)c1cccc(S(N)(=O)=O)c1. The van der Waals surface area contributed by atoms with Gasteiger partial charge in [-0.1, -0.05) is 26.0 Å². The number of rotatable bonds is 3. The van der Waals surface area contributed by atoms with Crippen molar-refractivity contribution in [3.8, 4) is 0 Å². The van der Waals surface area contributed by atoms with Crippen molar-refractivity contribution in [2.75, 3.05) is 0 Å². The molecule has 0 bridgehead atoms. The Hall–Kier alpha value is -0.870. The third-order valence-corrected chi connectivity index (χ3v) is 3.28.